The fourth-order valence-corrected chi connectivity index (χ4v) is 1.83. The topological polar surface area (TPSA) is 24.9 Å². The Labute approximate surface area is 101 Å². The van der Waals surface area contributed by atoms with E-state index in [0.717, 1.165) is 12.2 Å². The summed E-state index contributed by atoms with van der Waals surface area (Å²) in [7, 11) is 0. The van der Waals surface area contributed by atoms with E-state index in [9.17, 15) is 4.39 Å². The summed E-state index contributed by atoms with van der Waals surface area (Å²) in [6.07, 6.45) is 1.72. The SMILES string of the molecule is CCNC(c1ccccn1)c1ccccc1F. The average Bonchev–Trinajstić information content (AvgIpc) is 2.38. The summed E-state index contributed by atoms with van der Waals surface area (Å²) >= 11 is 0. The molecule has 1 N–H and O–H groups in total. The smallest absolute Gasteiger partial charge is 0.128 e. The molecule has 0 aliphatic rings. The molecular weight excluding hydrogens is 215 g/mol. The van der Waals surface area contributed by atoms with Gasteiger partial charge in [0.15, 0.2) is 0 Å². The molecule has 1 aromatic carbocycles. The lowest BCUT2D eigenvalue weighted by Crippen LogP contribution is -2.23. The number of rotatable bonds is 4. The van der Waals surface area contributed by atoms with Crippen molar-refractivity contribution >= 4 is 0 Å². The minimum atomic E-state index is -0.205. The van der Waals surface area contributed by atoms with Crippen LogP contribution in [0.25, 0.3) is 0 Å². The standard InChI is InChI=1S/C14H15FN2/c1-2-16-14(13-9-5-6-10-17-13)11-7-3-4-8-12(11)15/h3-10,14,16H,2H2,1H3. The molecule has 2 nitrogen and oxygen atoms in total. The predicted octanol–water partition coefficient (Wildman–Crippen LogP) is 2.92. The summed E-state index contributed by atoms with van der Waals surface area (Å²) in [5, 5.41) is 3.25. The number of nitrogens with zero attached hydrogens (tertiary/aromatic N) is 1. The average molecular weight is 230 g/mol. The first-order valence-electron chi connectivity index (χ1n) is 5.71. The van der Waals surface area contributed by atoms with Gasteiger partial charge in [0.1, 0.15) is 5.82 Å². The number of aromatic nitrogens is 1. The van der Waals surface area contributed by atoms with Gasteiger partial charge < -0.3 is 5.32 Å². The monoisotopic (exact) mass is 230 g/mol. The maximum atomic E-state index is 13.8. The summed E-state index contributed by atoms with van der Waals surface area (Å²) in [5.74, 6) is -0.205. The normalized spacial score (nSPS) is 12.4. The summed E-state index contributed by atoms with van der Waals surface area (Å²) in [4.78, 5) is 4.29. The Morgan fingerprint density at radius 3 is 2.59 bits per heavy atom. The first-order valence-corrected chi connectivity index (χ1v) is 5.71. The maximum absolute atomic E-state index is 13.8. The molecule has 2 rings (SSSR count). The molecule has 0 bridgehead atoms. The molecule has 3 heteroatoms. The fraction of sp³-hybridized carbons (Fsp3) is 0.214. The second-order valence-corrected chi connectivity index (χ2v) is 3.77. The Morgan fingerprint density at radius 1 is 1.18 bits per heavy atom. The van der Waals surface area contributed by atoms with Crippen molar-refractivity contribution in [1.82, 2.24) is 10.3 Å². The van der Waals surface area contributed by atoms with Gasteiger partial charge in [-0.25, -0.2) is 4.39 Å². The molecule has 0 saturated carbocycles. The van der Waals surface area contributed by atoms with Crippen LogP contribution in [-0.4, -0.2) is 11.5 Å². The Hall–Kier alpha value is -1.74. The highest BCUT2D eigenvalue weighted by Crippen LogP contribution is 2.22. The molecule has 0 radical (unpaired) electrons. The molecule has 0 aliphatic heterocycles. The zero-order chi connectivity index (χ0) is 12.1. The molecule has 0 amide bonds. The highest BCUT2D eigenvalue weighted by atomic mass is 19.1. The Morgan fingerprint density at radius 2 is 1.94 bits per heavy atom. The van der Waals surface area contributed by atoms with Gasteiger partial charge in [-0.05, 0) is 24.7 Å². The quantitative estimate of drug-likeness (QED) is 0.873. The van der Waals surface area contributed by atoms with E-state index in [0.29, 0.717) is 5.56 Å². The van der Waals surface area contributed by atoms with Gasteiger partial charge in [0, 0.05) is 11.8 Å². The van der Waals surface area contributed by atoms with Crippen LogP contribution in [0.4, 0.5) is 4.39 Å². The van der Waals surface area contributed by atoms with Crippen LogP contribution in [0.15, 0.2) is 48.7 Å². The van der Waals surface area contributed by atoms with Crippen molar-refractivity contribution in [2.24, 2.45) is 0 Å². The molecule has 2 aromatic rings. The molecule has 88 valence electrons. The Bertz CT molecular complexity index is 471. The third-order valence-electron chi connectivity index (χ3n) is 2.61. The van der Waals surface area contributed by atoms with Gasteiger partial charge in [0.05, 0.1) is 11.7 Å². The maximum Gasteiger partial charge on any atom is 0.128 e. The molecule has 0 spiro atoms. The molecule has 0 aliphatic carbocycles. The summed E-state index contributed by atoms with van der Waals surface area (Å²) in [6.45, 7) is 2.76. The molecule has 1 atom stereocenters. The second kappa shape index (κ2) is 5.55. The van der Waals surface area contributed by atoms with Crippen molar-refractivity contribution in [3.05, 3.63) is 65.7 Å². The van der Waals surface area contributed by atoms with Crippen LogP contribution >= 0.6 is 0 Å². The molecule has 17 heavy (non-hydrogen) atoms. The van der Waals surface area contributed by atoms with E-state index >= 15 is 0 Å². The zero-order valence-corrected chi connectivity index (χ0v) is 9.73. The number of benzene rings is 1. The third kappa shape index (κ3) is 2.68. The van der Waals surface area contributed by atoms with Crippen molar-refractivity contribution in [1.29, 1.82) is 0 Å². The van der Waals surface area contributed by atoms with Crippen molar-refractivity contribution in [3.8, 4) is 0 Å². The largest absolute Gasteiger partial charge is 0.305 e. The number of hydrogen-bond acceptors (Lipinski definition) is 2. The molecular formula is C14H15FN2. The van der Waals surface area contributed by atoms with Gasteiger partial charge in [0.2, 0.25) is 0 Å². The number of pyridine rings is 1. The molecule has 1 aromatic heterocycles. The first-order chi connectivity index (χ1) is 8.33. The van der Waals surface area contributed by atoms with E-state index in [1.165, 1.54) is 6.07 Å². The van der Waals surface area contributed by atoms with Gasteiger partial charge in [0.25, 0.3) is 0 Å². The van der Waals surface area contributed by atoms with Crippen LogP contribution in [0.2, 0.25) is 0 Å². The van der Waals surface area contributed by atoms with Crippen molar-refractivity contribution in [2.75, 3.05) is 6.54 Å². The van der Waals surface area contributed by atoms with E-state index in [1.54, 1.807) is 18.3 Å². The van der Waals surface area contributed by atoms with Gasteiger partial charge in [-0.15, -0.1) is 0 Å². The zero-order valence-electron chi connectivity index (χ0n) is 9.73. The van der Waals surface area contributed by atoms with Gasteiger partial charge >= 0.3 is 0 Å². The highest BCUT2D eigenvalue weighted by molar-refractivity contribution is 5.28. The summed E-state index contributed by atoms with van der Waals surface area (Å²) < 4.78 is 13.8. The molecule has 1 unspecified atom stereocenters. The van der Waals surface area contributed by atoms with E-state index in [1.807, 2.05) is 31.2 Å². The molecule has 0 saturated heterocycles. The van der Waals surface area contributed by atoms with Crippen LogP contribution in [-0.2, 0) is 0 Å². The Balaban J connectivity index is 2.39. The summed E-state index contributed by atoms with van der Waals surface area (Å²) in [6, 6.07) is 12.3. The minimum absolute atomic E-state index is 0.192. The number of halogens is 1. The minimum Gasteiger partial charge on any atom is -0.305 e. The van der Waals surface area contributed by atoms with Crippen LogP contribution in [0.3, 0.4) is 0 Å². The predicted molar refractivity (Wildman–Crippen MR) is 66.2 cm³/mol. The highest BCUT2D eigenvalue weighted by Gasteiger charge is 2.17. The summed E-state index contributed by atoms with van der Waals surface area (Å²) in [5.41, 5.74) is 1.47. The van der Waals surface area contributed by atoms with Crippen molar-refractivity contribution in [3.63, 3.8) is 0 Å². The van der Waals surface area contributed by atoms with E-state index in [4.69, 9.17) is 0 Å². The number of hydrogen-bond donors (Lipinski definition) is 1. The third-order valence-corrected chi connectivity index (χ3v) is 2.61. The molecule has 1 heterocycles. The van der Waals surface area contributed by atoms with E-state index in [2.05, 4.69) is 10.3 Å². The van der Waals surface area contributed by atoms with Gasteiger partial charge in [-0.3, -0.25) is 4.98 Å². The number of nitrogens with one attached hydrogen (secondary N) is 1. The van der Waals surface area contributed by atoms with Crippen molar-refractivity contribution in [2.45, 2.75) is 13.0 Å². The molecule has 0 fully saturated rings. The van der Waals surface area contributed by atoms with Gasteiger partial charge in [-0.1, -0.05) is 31.2 Å². The first kappa shape index (κ1) is 11.7. The van der Waals surface area contributed by atoms with E-state index in [-0.39, 0.29) is 11.9 Å². The second-order valence-electron chi connectivity index (χ2n) is 3.77. The van der Waals surface area contributed by atoms with Crippen LogP contribution in [0, 0.1) is 5.82 Å². The van der Waals surface area contributed by atoms with Crippen LogP contribution in [0.5, 0.6) is 0 Å². The Kier molecular flexibility index (Phi) is 3.83. The fourth-order valence-electron chi connectivity index (χ4n) is 1.83. The lowest BCUT2D eigenvalue weighted by molar-refractivity contribution is 0.552. The van der Waals surface area contributed by atoms with Crippen LogP contribution in [0.1, 0.15) is 24.2 Å². The van der Waals surface area contributed by atoms with Crippen molar-refractivity contribution < 1.29 is 4.39 Å². The lowest BCUT2D eigenvalue weighted by Gasteiger charge is -2.18. The van der Waals surface area contributed by atoms with Gasteiger partial charge in [-0.2, -0.15) is 0 Å². The lowest BCUT2D eigenvalue weighted by atomic mass is 10.0. The van der Waals surface area contributed by atoms with E-state index < -0.39 is 0 Å². The van der Waals surface area contributed by atoms with Crippen LogP contribution < -0.4 is 5.32 Å².